The topological polar surface area (TPSA) is 35.8 Å². The molecule has 0 heterocycles. The molecule has 1 fully saturated rings. The smallest absolute Gasteiger partial charge is 0.0703 e. The van der Waals surface area contributed by atoms with Crippen molar-refractivity contribution in [2.75, 3.05) is 18.8 Å². The lowest BCUT2D eigenvalue weighted by Crippen LogP contribution is -2.25. The van der Waals surface area contributed by atoms with Gasteiger partial charge in [0.05, 0.1) is 11.5 Å². The minimum atomic E-state index is -0.0262. The minimum Gasteiger partial charge on any atom is -0.315 e. The Kier molecular flexibility index (Phi) is 4.68. The second-order valence-corrected chi connectivity index (χ2v) is 6.23. The lowest BCUT2D eigenvalue weighted by atomic mass is 10.1. The second kappa shape index (κ2) is 6.26. The Balaban J connectivity index is 1.69. The molecule has 0 atom stereocenters. The van der Waals surface area contributed by atoms with Gasteiger partial charge in [0.1, 0.15) is 0 Å². The predicted molar refractivity (Wildman–Crippen MR) is 76.7 cm³/mol. The normalized spacial score (nSPS) is 16.2. The molecule has 0 aromatic heterocycles. The first-order chi connectivity index (χ1) is 8.78. The number of hydrogen-bond acceptors (Lipinski definition) is 3. The maximum absolute atomic E-state index is 8.96. The highest BCUT2D eigenvalue weighted by molar-refractivity contribution is 7.99. The van der Waals surface area contributed by atoms with Crippen LogP contribution in [0.2, 0.25) is 0 Å². The molecular weight excluding hydrogens is 240 g/mol. The fraction of sp³-hybridized carbons (Fsp3) is 0.533. The van der Waals surface area contributed by atoms with Gasteiger partial charge in [-0.15, -0.1) is 11.8 Å². The fourth-order valence-electron chi connectivity index (χ4n) is 1.96. The van der Waals surface area contributed by atoms with Gasteiger partial charge in [-0.3, -0.25) is 0 Å². The standard InChI is InChI=1S/C15H20N2S/c1-2-18-14-5-3-13(4-6-14)7-10-17-12-15(11-16)8-9-15/h3-6,17H,2,7-10,12H2,1H3. The van der Waals surface area contributed by atoms with Crippen LogP contribution < -0.4 is 5.32 Å². The summed E-state index contributed by atoms with van der Waals surface area (Å²) in [4.78, 5) is 1.34. The van der Waals surface area contributed by atoms with Crippen molar-refractivity contribution in [3.05, 3.63) is 29.8 Å². The first kappa shape index (κ1) is 13.5. The Morgan fingerprint density at radius 1 is 1.33 bits per heavy atom. The van der Waals surface area contributed by atoms with Gasteiger partial charge in [0.15, 0.2) is 0 Å². The lowest BCUT2D eigenvalue weighted by molar-refractivity contribution is 0.560. The number of benzene rings is 1. The number of nitrogens with one attached hydrogen (secondary N) is 1. The molecule has 1 saturated carbocycles. The summed E-state index contributed by atoms with van der Waals surface area (Å²) in [5.74, 6) is 1.12. The molecule has 18 heavy (non-hydrogen) atoms. The fourth-order valence-corrected chi connectivity index (χ4v) is 2.62. The third kappa shape index (κ3) is 3.76. The number of hydrogen-bond donors (Lipinski definition) is 1. The highest BCUT2D eigenvalue weighted by atomic mass is 32.2. The first-order valence-corrected chi connectivity index (χ1v) is 7.60. The van der Waals surface area contributed by atoms with Gasteiger partial charge in [0.2, 0.25) is 0 Å². The molecule has 0 amide bonds. The van der Waals surface area contributed by atoms with E-state index in [1.807, 2.05) is 11.8 Å². The molecule has 0 spiro atoms. The summed E-state index contributed by atoms with van der Waals surface area (Å²) in [7, 11) is 0. The van der Waals surface area contributed by atoms with Crippen LogP contribution in [0.4, 0.5) is 0 Å². The van der Waals surface area contributed by atoms with E-state index in [1.165, 1.54) is 10.5 Å². The molecule has 1 aliphatic carbocycles. The molecule has 0 bridgehead atoms. The lowest BCUT2D eigenvalue weighted by Gasteiger charge is -2.08. The van der Waals surface area contributed by atoms with E-state index in [0.717, 1.165) is 38.1 Å². The summed E-state index contributed by atoms with van der Waals surface area (Å²) in [6.45, 7) is 3.99. The van der Waals surface area contributed by atoms with Crippen molar-refractivity contribution in [2.45, 2.75) is 31.1 Å². The van der Waals surface area contributed by atoms with E-state index < -0.39 is 0 Å². The van der Waals surface area contributed by atoms with Crippen molar-refractivity contribution in [3.63, 3.8) is 0 Å². The molecule has 1 aromatic carbocycles. The largest absolute Gasteiger partial charge is 0.315 e. The van der Waals surface area contributed by atoms with Crippen LogP contribution in [0.15, 0.2) is 29.2 Å². The second-order valence-electron chi connectivity index (χ2n) is 4.90. The van der Waals surface area contributed by atoms with Crippen LogP contribution in [-0.4, -0.2) is 18.8 Å². The van der Waals surface area contributed by atoms with Crippen LogP contribution in [0, 0.1) is 16.7 Å². The maximum Gasteiger partial charge on any atom is 0.0703 e. The quantitative estimate of drug-likeness (QED) is 0.604. The average molecular weight is 260 g/mol. The average Bonchev–Trinajstić information content (AvgIpc) is 3.18. The highest BCUT2D eigenvalue weighted by Gasteiger charge is 2.42. The SMILES string of the molecule is CCSc1ccc(CCNCC2(C#N)CC2)cc1. The summed E-state index contributed by atoms with van der Waals surface area (Å²) in [5.41, 5.74) is 1.34. The zero-order valence-electron chi connectivity index (χ0n) is 10.9. The van der Waals surface area contributed by atoms with E-state index in [9.17, 15) is 0 Å². The van der Waals surface area contributed by atoms with Gasteiger partial charge in [0.25, 0.3) is 0 Å². The molecule has 2 nitrogen and oxygen atoms in total. The van der Waals surface area contributed by atoms with E-state index in [1.54, 1.807) is 0 Å². The molecule has 96 valence electrons. The summed E-state index contributed by atoms with van der Waals surface area (Å²) in [6, 6.07) is 11.2. The van der Waals surface area contributed by atoms with Crippen molar-refractivity contribution >= 4 is 11.8 Å². The molecule has 0 radical (unpaired) electrons. The Hall–Kier alpha value is -0.980. The third-order valence-electron chi connectivity index (χ3n) is 3.38. The van der Waals surface area contributed by atoms with Crippen molar-refractivity contribution in [1.29, 1.82) is 5.26 Å². The summed E-state index contributed by atoms with van der Waals surface area (Å²) < 4.78 is 0. The van der Waals surface area contributed by atoms with Gasteiger partial charge in [-0.05, 0) is 49.3 Å². The van der Waals surface area contributed by atoms with Gasteiger partial charge < -0.3 is 5.32 Å². The molecule has 0 saturated heterocycles. The summed E-state index contributed by atoms with van der Waals surface area (Å²) >= 11 is 1.88. The number of nitriles is 1. The van der Waals surface area contributed by atoms with Gasteiger partial charge >= 0.3 is 0 Å². The molecule has 0 unspecified atom stereocenters. The molecule has 0 aliphatic heterocycles. The number of rotatable bonds is 7. The van der Waals surface area contributed by atoms with E-state index in [2.05, 4.69) is 42.6 Å². The third-order valence-corrected chi connectivity index (χ3v) is 4.27. The molecule has 2 rings (SSSR count). The van der Waals surface area contributed by atoms with Crippen molar-refractivity contribution in [1.82, 2.24) is 5.32 Å². The Bertz CT molecular complexity index is 415. The summed E-state index contributed by atoms with van der Waals surface area (Å²) in [5, 5.41) is 12.4. The molecular formula is C15H20N2S. The zero-order chi connectivity index (χ0) is 12.8. The van der Waals surface area contributed by atoms with Crippen LogP contribution in [0.25, 0.3) is 0 Å². The monoisotopic (exact) mass is 260 g/mol. The maximum atomic E-state index is 8.96. The van der Waals surface area contributed by atoms with Crippen LogP contribution in [0.3, 0.4) is 0 Å². The Morgan fingerprint density at radius 2 is 2.06 bits per heavy atom. The van der Waals surface area contributed by atoms with E-state index in [-0.39, 0.29) is 5.41 Å². The minimum absolute atomic E-state index is 0.0262. The van der Waals surface area contributed by atoms with E-state index in [4.69, 9.17) is 5.26 Å². The molecule has 1 N–H and O–H groups in total. The van der Waals surface area contributed by atoms with Crippen molar-refractivity contribution < 1.29 is 0 Å². The molecule has 3 heteroatoms. The zero-order valence-corrected chi connectivity index (χ0v) is 11.7. The van der Waals surface area contributed by atoms with Crippen LogP contribution >= 0.6 is 11.8 Å². The van der Waals surface area contributed by atoms with E-state index in [0.29, 0.717) is 0 Å². The van der Waals surface area contributed by atoms with Gasteiger partial charge in [-0.25, -0.2) is 0 Å². The summed E-state index contributed by atoms with van der Waals surface area (Å²) in [6.07, 6.45) is 3.18. The Morgan fingerprint density at radius 3 is 2.61 bits per heavy atom. The Labute approximate surface area is 114 Å². The van der Waals surface area contributed by atoms with Gasteiger partial charge in [0, 0.05) is 11.4 Å². The van der Waals surface area contributed by atoms with Crippen molar-refractivity contribution in [2.24, 2.45) is 5.41 Å². The number of thioether (sulfide) groups is 1. The van der Waals surface area contributed by atoms with Crippen LogP contribution in [-0.2, 0) is 6.42 Å². The van der Waals surface area contributed by atoms with E-state index >= 15 is 0 Å². The number of nitrogens with zero attached hydrogens (tertiary/aromatic N) is 1. The highest BCUT2D eigenvalue weighted by Crippen LogP contribution is 2.43. The van der Waals surface area contributed by atoms with Crippen molar-refractivity contribution in [3.8, 4) is 6.07 Å². The molecule has 1 aromatic rings. The van der Waals surface area contributed by atoms with Crippen LogP contribution in [0.1, 0.15) is 25.3 Å². The first-order valence-electron chi connectivity index (χ1n) is 6.62. The van der Waals surface area contributed by atoms with Gasteiger partial charge in [-0.1, -0.05) is 19.1 Å². The van der Waals surface area contributed by atoms with Gasteiger partial charge in [-0.2, -0.15) is 5.26 Å². The predicted octanol–water partition coefficient (Wildman–Crippen LogP) is 3.23. The molecule has 1 aliphatic rings. The van der Waals surface area contributed by atoms with Crippen LogP contribution in [0.5, 0.6) is 0 Å².